The highest BCUT2D eigenvalue weighted by molar-refractivity contribution is 7.99. The van der Waals surface area contributed by atoms with Crippen LogP contribution >= 0.6 is 11.8 Å². The van der Waals surface area contributed by atoms with Crippen LogP contribution in [-0.2, 0) is 4.79 Å². The van der Waals surface area contributed by atoms with Crippen LogP contribution in [0.4, 0.5) is 0 Å². The number of nitrogens with one attached hydrogen (secondary N) is 2. The average Bonchev–Trinajstić information content (AvgIpc) is 3.09. The lowest BCUT2D eigenvalue weighted by atomic mass is 10.0. The minimum absolute atomic E-state index is 0.0123. The molecule has 2 aliphatic rings. The number of nitrogens with zero attached hydrogens (tertiary/aromatic N) is 1. The van der Waals surface area contributed by atoms with Gasteiger partial charge in [-0.2, -0.15) is 0 Å². The molecule has 2 fully saturated rings. The van der Waals surface area contributed by atoms with Gasteiger partial charge in [-0.25, -0.2) is 0 Å². The Bertz CT molecular complexity index is 579. The third kappa shape index (κ3) is 3.87. The first-order valence-corrected chi connectivity index (χ1v) is 9.27. The third-order valence-corrected chi connectivity index (χ3v) is 5.49. The molecule has 2 amide bonds. The fourth-order valence-corrected chi connectivity index (χ4v) is 4.04. The molecule has 0 spiro atoms. The molecule has 124 valence electrons. The molecule has 0 bridgehead atoms. The van der Waals surface area contributed by atoms with E-state index >= 15 is 0 Å². The number of carbonyl (C=O) groups is 2. The summed E-state index contributed by atoms with van der Waals surface area (Å²) in [5.41, 5.74) is 1.72. The van der Waals surface area contributed by atoms with E-state index in [0.29, 0.717) is 0 Å². The van der Waals surface area contributed by atoms with Gasteiger partial charge in [-0.3, -0.25) is 14.9 Å². The van der Waals surface area contributed by atoms with E-state index in [0.717, 1.165) is 48.7 Å². The largest absolute Gasteiger partial charge is 0.349 e. The number of hydrogen-bond acceptors (Lipinski definition) is 4. The number of carbonyl (C=O) groups excluding carboxylic acids is 2. The molecule has 0 aliphatic carbocycles. The normalized spacial score (nSPS) is 22.1. The second-order valence-corrected chi connectivity index (χ2v) is 7.19. The Kier molecular flexibility index (Phi) is 5.23. The highest BCUT2D eigenvalue weighted by Crippen LogP contribution is 2.17. The van der Waals surface area contributed by atoms with Gasteiger partial charge >= 0.3 is 0 Å². The molecule has 2 saturated heterocycles. The standard InChI is InChI=1S/C17H23N3O2S/c1-12-4-2-3-5-14(12)16(21)19-13-6-8-20(9-7-13)17(22)15-10-23-11-18-15/h2-5,13,15,18H,6-11H2,1H3,(H,19,21). The molecule has 1 unspecified atom stereocenters. The van der Waals surface area contributed by atoms with E-state index < -0.39 is 0 Å². The van der Waals surface area contributed by atoms with E-state index in [2.05, 4.69) is 10.6 Å². The molecule has 2 N–H and O–H groups in total. The van der Waals surface area contributed by atoms with Crippen molar-refractivity contribution in [1.82, 2.24) is 15.5 Å². The van der Waals surface area contributed by atoms with Crippen molar-refractivity contribution >= 4 is 23.6 Å². The zero-order valence-electron chi connectivity index (χ0n) is 13.4. The number of thioether (sulfide) groups is 1. The van der Waals surface area contributed by atoms with Crippen molar-refractivity contribution in [2.75, 3.05) is 24.7 Å². The summed E-state index contributed by atoms with van der Waals surface area (Å²) in [6.45, 7) is 3.39. The third-order valence-electron chi connectivity index (χ3n) is 4.55. The van der Waals surface area contributed by atoms with Gasteiger partial charge in [-0.15, -0.1) is 11.8 Å². The molecule has 0 radical (unpaired) electrons. The van der Waals surface area contributed by atoms with Crippen molar-refractivity contribution in [1.29, 1.82) is 0 Å². The molecular formula is C17H23N3O2S. The number of piperidine rings is 1. The van der Waals surface area contributed by atoms with Crippen LogP contribution in [0.25, 0.3) is 0 Å². The summed E-state index contributed by atoms with van der Waals surface area (Å²) in [7, 11) is 0. The Morgan fingerprint density at radius 1 is 1.26 bits per heavy atom. The minimum Gasteiger partial charge on any atom is -0.349 e. The summed E-state index contributed by atoms with van der Waals surface area (Å²) < 4.78 is 0. The van der Waals surface area contributed by atoms with Crippen molar-refractivity contribution in [3.05, 3.63) is 35.4 Å². The Hall–Kier alpha value is -1.53. The lowest BCUT2D eigenvalue weighted by Crippen LogP contribution is -2.51. The van der Waals surface area contributed by atoms with Gasteiger partial charge < -0.3 is 10.2 Å². The van der Waals surface area contributed by atoms with Crippen LogP contribution in [0.3, 0.4) is 0 Å². The van der Waals surface area contributed by atoms with E-state index in [1.54, 1.807) is 11.8 Å². The molecule has 0 saturated carbocycles. The van der Waals surface area contributed by atoms with Gasteiger partial charge in [0.2, 0.25) is 5.91 Å². The lowest BCUT2D eigenvalue weighted by Gasteiger charge is -2.33. The fourth-order valence-electron chi connectivity index (χ4n) is 3.11. The highest BCUT2D eigenvalue weighted by Gasteiger charge is 2.30. The maximum atomic E-state index is 12.4. The molecule has 2 aliphatic heterocycles. The van der Waals surface area contributed by atoms with Crippen molar-refractivity contribution in [3.63, 3.8) is 0 Å². The van der Waals surface area contributed by atoms with Crippen LogP contribution in [0.2, 0.25) is 0 Å². The Labute approximate surface area is 141 Å². The predicted molar refractivity (Wildman–Crippen MR) is 92.5 cm³/mol. The molecule has 3 rings (SSSR count). The van der Waals surface area contributed by atoms with E-state index in [-0.39, 0.29) is 23.9 Å². The van der Waals surface area contributed by atoms with E-state index in [9.17, 15) is 9.59 Å². The van der Waals surface area contributed by atoms with Gasteiger partial charge in [0.1, 0.15) is 0 Å². The first-order chi connectivity index (χ1) is 11.1. The summed E-state index contributed by atoms with van der Waals surface area (Å²) in [4.78, 5) is 26.6. The Balaban J connectivity index is 1.50. The summed E-state index contributed by atoms with van der Waals surface area (Å²) in [5.74, 6) is 1.92. The van der Waals surface area contributed by atoms with E-state index in [1.165, 1.54) is 0 Å². The van der Waals surface area contributed by atoms with Crippen LogP contribution in [0, 0.1) is 6.92 Å². The van der Waals surface area contributed by atoms with Crippen LogP contribution in [0.5, 0.6) is 0 Å². The number of rotatable bonds is 3. The monoisotopic (exact) mass is 333 g/mol. The highest BCUT2D eigenvalue weighted by atomic mass is 32.2. The average molecular weight is 333 g/mol. The fraction of sp³-hybridized carbons (Fsp3) is 0.529. The number of hydrogen-bond donors (Lipinski definition) is 2. The van der Waals surface area contributed by atoms with Crippen molar-refractivity contribution < 1.29 is 9.59 Å². The molecule has 1 aromatic rings. The second kappa shape index (κ2) is 7.36. The van der Waals surface area contributed by atoms with Crippen molar-refractivity contribution in [3.8, 4) is 0 Å². The van der Waals surface area contributed by atoms with Gasteiger partial charge in [0.15, 0.2) is 0 Å². The summed E-state index contributed by atoms with van der Waals surface area (Å²) in [5, 5.41) is 6.34. The minimum atomic E-state index is -0.0295. The summed E-state index contributed by atoms with van der Waals surface area (Å²) >= 11 is 1.77. The second-order valence-electron chi connectivity index (χ2n) is 6.16. The molecule has 2 heterocycles. The number of benzene rings is 1. The number of amides is 2. The zero-order chi connectivity index (χ0) is 16.2. The molecule has 5 nitrogen and oxygen atoms in total. The molecular weight excluding hydrogens is 310 g/mol. The quantitative estimate of drug-likeness (QED) is 0.877. The maximum absolute atomic E-state index is 12.4. The van der Waals surface area contributed by atoms with E-state index in [4.69, 9.17) is 0 Å². The first kappa shape index (κ1) is 16.3. The summed E-state index contributed by atoms with van der Waals surface area (Å²) in [6, 6.07) is 7.74. The molecule has 1 atom stereocenters. The van der Waals surface area contributed by atoms with Crippen molar-refractivity contribution in [2.45, 2.75) is 31.8 Å². The predicted octanol–water partition coefficient (Wildman–Crippen LogP) is 1.38. The molecule has 0 aromatic heterocycles. The molecule has 23 heavy (non-hydrogen) atoms. The van der Waals surface area contributed by atoms with Gasteiger partial charge in [-0.05, 0) is 31.4 Å². The van der Waals surface area contributed by atoms with Crippen LogP contribution in [0.1, 0.15) is 28.8 Å². The van der Waals surface area contributed by atoms with Crippen LogP contribution in [-0.4, -0.2) is 53.5 Å². The van der Waals surface area contributed by atoms with Gasteiger partial charge in [0.25, 0.3) is 5.91 Å². The lowest BCUT2D eigenvalue weighted by molar-refractivity contribution is -0.133. The Morgan fingerprint density at radius 3 is 2.65 bits per heavy atom. The van der Waals surface area contributed by atoms with Gasteiger partial charge in [0, 0.05) is 36.3 Å². The van der Waals surface area contributed by atoms with Crippen molar-refractivity contribution in [2.24, 2.45) is 0 Å². The number of aryl methyl sites for hydroxylation is 1. The number of likely N-dealkylation sites (tertiary alicyclic amines) is 1. The Morgan fingerprint density at radius 2 is 2.00 bits per heavy atom. The molecule has 1 aromatic carbocycles. The van der Waals surface area contributed by atoms with Crippen LogP contribution in [0.15, 0.2) is 24.3 Å². The van der Waals surface area contributed by atoms with Gasteiger partial charge in [-0.1, -0.05) is 18.2 Å². The first-order valence-electron chi connectivity index (χ1n) is 8.11. The maximum Gasteiger partial charge on any atom is 0.251 e. The van der Waals surface area contributed by atoms with E-state index in [1.807, 2.05) is 36.1 Å². The van der Waals surface area contributed by atoms with Gasteiger partial charge in [0.05, 0.1) is 6.04 Å². The SMILES string of the molecule is Cc1ccccc1C(=O)NC1CCN(C(=O)C2CSCN2)CC1. The smallest absolute Gasteiger partial charge is 0.251 e. The topological polar surface area (TPSA) is 61.4 Å². The summed E-state index contributed by atoms with van der Waals surface area (Å²) in [6.07, 6.45) is 1.65. The molecule has 6 heteroatoms. The van der Waals surface area contributed by atoms with Crippen LogP contribution < -0.4 is 10.6 Å². The zero-order valence-corrected chi connectivity index (χ0v) is 14.2.